The molecule has 0 bridgehead atoms. The molecule has 1 aromatic rings. The third-order valence-electron chi connectivity index (χ3n) is 2.64. The molecule has 16 heavy (non-hydrogen) atoms. The van der Waals surface area contributed by atoms with Crippen LogP contribution in [-0.4, -0.2) is 26.1 Å². The van der Waals surface area contributed by atoms with Gasteiger partial charge in [0.2, 0.25) is 0 Å². The Balaban J connectivity index is 2.94. The largest absolute Gasteiger partial charge is 0.378 e. The van der Waals surface area contributed by atoms with E-state index in [0.29, 0.717) is 0 Å². The Bertz CT molecular complexity index is 389. The highest BCUT2D eigenvalue weighted by atomic mass is 31.2. The Morgan fingerprint density at radius 2 is 1.81 bits per heavy atom. The summed E-state index contributed by atoms with van der Waals surface area (Å²) in [6.07, 6.45) is 0. The lowest BCUT2D eigenvalue weighted by Gasteiger charge is -2.18. The molecule has 0 aromatic heterocycles. The average Bonchev–Trinajstić information content (AvgIpc) is 2.28. The third kappa shape index (κ3) is 2.85. The van der Waals surface area contributed by atoms with Crippen LogP contribution in [0.3, 0.4) is 0 Å². The van der Waals surface area contributed by atoms with Crippen LogP contribution in [0.2, 0.25) is 0 Å². The minimum atomic E-state index is -3.54. The molecular formula is C11H18NO3P. The summed E-state index contributed by atoms with van der Waals surface area (Å²) in [6.45, 7) is 1.69. The van der Waals surface area contributed by atoms with Gasteiger partial charge in [0.05, 0.1) is 5.66 Å². The van der Waals surface area contributed by atoms with Crippen molar-refractivity contribution in [1.29, 1.82) is 0 Å². The van der Waals surface area contributed by atoms with Gasteiger partial charge >= 0.3 is 7.60 Å². The van der Waals surface area contributed by atoms with E-state index in [0.717, 1.165) is 11.3 Å². The Kier molecular flexibility index (Phi) is 4.14. The second kappa shape index (κ2) is 5.00. The van der Waals surface area contributed by atoms with Crippen molar-refractivity contribution < 1.29 is 14.0 Å². The second-order valence-electron chi connectivity index (χ2n) is 3.91. The fraction of sp³-hybridized carbons (Fsp3) is 0.455. The fourth-order valence-electron chi connectivity index (χ4n) is 1.40. The molecular weight excluding hydrogens is 225 g/mol. The van der Waals surface area contributed by atoms with Crippen LogP contribution in [0.1, 0.15) is 18.1 Å². The van der Waals surface area contributed by atoms with E-state index in [1.165, 1.54) is 7.11 Å². The molecule has 0 aliphatic heterocycles. The van der Waals surface area contributed by atoms with Gasteiger partial charge in [-0.2, -0.15) is 0 Å². The molecule has 4 nitrogen and oxygen atoms in total. The predicted octanol–water partition coefficient (Wildman–Crippen LogP) is 2.65. The van der Waals surface area contributed by atoms with Crippen molar-refractivity contribution in [1.82, 2.24) is 0 Å². The van der Waals surface area contributed by atoms with E-state index in [9.17, 15) is 9.46 Å². The minimum absolute atomic E-state index is 0.506. The summed E-state index contributed by atoms with van der Waals surface area (Å²) in [6, 6.07) is 7.53. The minimum Gasteiger partial charge on any atom is -0.378 e. The van der Waals surface area contributed by atoms with Crippen molar-refractivity contribution in [3.05, 3.63) is 29.8 Å². The summed E-state index contributed by atoms with van der Waals surface area (Å²) in [7, 11) is 1.61. The van der Waals surface area contributed by atoms with Crippen LogP contribution < -0.4 is 4.90 Å². The molecule has 0 amide bonds. The lowest BCUT2D eigenvalue weighted by molar-refractivity contribution is 0.306. The number of hydrogen-bond donors (Lipinski definition) is 1. The van der Waals surface area contributed by atoms with Crippen LogP contribution in [0.15, 0.2) is 24.3 Å². The average molecular weight is 243 g/mol. The van der Waals surface area contributed by atoms with Crippen LogP contribution in [-0.2, 0) is 9.09 Å². The summed E-state index contributed by atoms with van der Waals surface area (Å²) < 4.78 is 16.3. The van der Waals surface area contributed by atoms with Gasteiger partial charge in [0.25, 0.3) is 0 Å². The van der Waals surface area contributed by atoms with Gasteiger partial charge in [-0.05, 0) is 24.6 Å². The number of nitrogens with zero attached hydrogens (tertiary/aromatic N) is 1. The molecule has 0 saturated carbocycles. The highest BCUT2D eigenvalue weighted by Gasteiger charge is 2.28. The standard InChI is InChI=1S/C11H18NO3P/c1-9(16(13,14)15-4)10-5-7-11(8-6-10)12(2)3/h5-9H,1-4H3,(H,13,14). The topological polar surface area (TPSA) is 49.8 Å². The van der Waals surface area contributed by atoms with Gasteiger partial charge in [0.1, 0.15) is 0 Å². The zero-order valence-electron chi connectivity index (χ0n) is 10.0. The molecule has 90 valence electrons. The van der Waals surface area contributed by atoms with Gasteiger partial charge in [-0.25, -0.2) is 0 Å². The smallest absolute Gasteiger partial charge is 0.334 e. The van der Waals surface area contributed by atoms with Crippen molar-refractivity contribution in [3.63, 3.8) is 0 Å². The van der Waals surface area contributed by atoms with E-state index in [1.54, 1.807) is 6.92 Å². The van der Waals surface area contributed by atoms with E-state index in [1.807, 2.05) is 43.3 Å². The van der Waals surface area contributed by atoms with Crippen LogP contribution in [0, 0.1) is 0 Å². The first-order valence-electron chi connectivity index (χ1n) is 5.04. The first kappa shape index (κ1) is 13.2. The summed E-state index contributed by atoms with van der Waals surface area (Å²) in [4.78, 5) is 11.5. The predicted molar refractivity (Wildman–Crippen MR) is 66.0 cm³/mol. The van der Waals surface area contributed by atoms with Crippen LogP contribution in [0.25, 0.3) is 0 Å². The fourth-order valence-corrected chi connectivity index (χ4v) is 2.26. The molecule has 0 radical (unpaired) electrons. The molecule has 0 saturated heterocycles. The molecule has 0 spiro atoms. The molecule has 1 aromatic carbocycles. The first-order chi connectivity index (χ1) is 7.38. The van der Waals surface area contributed by atoms with Gasteiger partial charge in [-0.15, -0.1) is 0 Å². The molecule has 0 aliphatic carbocycles. The van der Waals surface area contributed by atoms with E-state index < -0.39 is 13.3 Å². The first-order valence-corrected chi connectivity index (χ1v) is 6.68. The summed E-state index contributed by atoms with van der Waals surface area (Å²) in [5.41, 5.74) is 1.35. The zero-order valence-corrected chi connectivity index (χ0v) is 10.9. The Morgan fingerprint density at radius 1 is 1.31 bits per heavy atom. The molecule has 1 rings (SSSR count). The summed E-state index contributed by atoms with van der Waals surface area (Å²) >= 11 is 0. The maximum absolute atomic E-state index is 11.6. The van der Waals surface area contributed by atoms with Gasteiger partial charge < -0.3 is 14.3 Å². The van der Waals surface area contributed by atoms with Crippen molar-refractivity contribution in [2.75, 3.05) is 26.1 Å². The molecule has 2 atom stereocenters. The molecule has 0 fully saturated rings. The number of anilines is 1. The normalized spacial score (nSPS) is 16.6. The van der Waals surface area contributed by atoms with Gasteiger partial charge in [0, 0.05) is 26.9 Å². The molecule has 0 heterocycles. The summed E-state index contributed by atoms with van der Waals surface area (Å²) in [5.74, 6) is 0. The quantitative estimate of drug-likeness (QED) is 0.826. The number of benzene rings is 1. The van der Waals surface area contributed by atoms with Crippen LogP contribution in [0.5, 0.6) is 0 Å². The maximum Gasteiger partial charge on any atom is 0.334 e. The van der Waals surface area contributed by atoms with Crippen molar-refractivity contribution >= 4 is 13.3 Å². The lowest BCUT2D eigenvalue weighted by atomic mass is 10.1. The third-order valence-corrected chi connectivity index (χ3v) is 4.44. The van der Waals surface area contributed by atoms with E-state index in [2.05, 4.69) is 4.52 Å². The van der Waals surface area contributed by atoms with E-state index in [4.69, 9.17) is 0 Å². The second-order valence-corrected chi connectivity index (χ2v) is 6.18. The Labute approximate surface area is 96.4 Å². The van der Waals surface area contributed by atoms with E-state index >= 15 is 0 Å². The number of hydrogen-bond acceptors (Lipinski definition) is 3. The molecule has 5 heteroatoms. The highest BCUT2D eigenvalue weighted by Crippen LogP contribution is 2.55. The highest BCUT2D eigenvalue weighted by molar-refractivity contribution is 7.53. The van der Waals surface area contributed by atoms with Gasteiger partial charge in [-0.3, -0.25) is 4.57 Å². The van der Waals surface area contributed by atoms with Gasteiger partial charge in [-0.1, -0.05) is 12.1 Å². The van der Waals surface area contributed by atoms with Crippen LogP contribution >= 0.6 is 7.60 Å². The molecule has 0 aliphatic rings. The maximum atomic E-state index is 11.6. The van der Waals surface area contributed by atoms with Gasteiger partial charge in [0.15, 0.2) is 0 Å². The van der Waals surface area contributed by atoms with Crippen molar-refractivity contribution in [3.8, 4) is 0 Å². The Hall–Kier alpha value is -0.830. The van der Waals surface area contributed by atoms with Crippen molar-refractivity contribution in [2.45, 2.75) is 12.6 Å². The monoisotopic (exact) mass is 243 g/mol. The lowest BCUT2D eigenvalue weighted by Crippen LogP contribution is -2.08. The number of rotatable bonds is 4. The summed E-state index contributed by atoms with van der Waals surface area (Å²) in [5, 5.41) is 0. The zero-order chi connectivity index (χ0) is 12.3. The molecule has 1 N–H and O–H groups in total. The van der Waals surface area contributed by atoms with E-state index in [-0.39, 0.29) is 0 Å². The van der Waals surface area contributed by atoms with Crippen LogP contribution in [0.4, 0.5) is 5.69 Å². The Morgan fingerprint density at radius 3 is 2.19 bits per heavy atom. The molecule has 2 unspecified atom stereocenters. The SMILES string of the molecule is COP(=O)(O)C(C)c1ccc(N(C)C)cc1. The van der Waals surface area contributed by atoms with Crippen molar-refractivity contribution in [2.24, 2.45) is 0 Å².